The van der Waals surface area contributed by atoms with Gasteiger partial charge in [-0.2, -0.15) is 0 Å². The molecule has 108 valence electrons. The molecule has 0 bridgehead atoms. The van der Waals surface area contributed by atoms with Gasteiger partial charge >= 0.3 is 0 Å². The van der Waals surface area contributed by atoms with Gasteiger partial charge in [-0.1, -0.05) is 11.3 Å². The van der Waals surface area contributed by atoms with Crippen LogP contribution in [0.25, 0.3) is 10.6 Å². The highest BCUT2D eigenvalue weighted by atomic mass is 32.1. The SMILES string of the molecule is COCCNc1nc(-c2cnc(N3CCCC3)s2)cs1. The largest absolute Gasteiger partial charge is 0.383 e. The number of nitrogens with zero attached hydrogens (tertiary/aromatic N) is 3. The molecule has 2 aromatic heterocycles. The minimum atomic E-state index is 0.689. The zero-order valence-electron chi connectivity index (χ0n) is 11.5. The van der Waals surface area contributed by atoms with E-state index in [0.717, 1.165) is 40.5 Å². The first-order valence-electron chi connectivity index (χ1n) is 6.76. The van der Waals surface area contributed by atoms with Gasteiger partial charge in [0.2, 0.25) is 0 Å². The van der Waals surface area contributed by atoms with Crippen molar-refractivity contribution in [2.45, 2.75) is 12.8 Å². The van der Waals surface area contributed by atoms with E-state index in [1.807, 2.05) is 6.20 Å². The first kappa shape index (κ1) is 13.8. The van der Waals surface area contributed by atoms with Gasteiger partial charge in [0.25, 0.3) is 0 Å². The topological polar surface area (TPSA) is 50.3 Å². The van der Waals surface area contributed by atoms with Crippen molar-refractivity contribution in [1.82, 2.24) is 9.97 Å². The van der Waals surface area contributed by atoms with Crippen LogP contribution in [0, 0.1) is 0 Å². The molecule has 3 rings (SSSR count). The zero-order chi connectivity index (χ0) is 13.8. The van der Waals surface area contributed by atoms with Crippen molar-refractivity contribution in [3.63, 3.8) is 0 Å². The fourth-order valence-corrected chi connectivity index (χ4v) is 3.91. The minimum absolute atomic E-state index is 0.689. The van der Waals surface area contributed by atoms with Crippen LogP contribution in [-0.2, 0) is 4.74 Å². The summed E-state index contributed by atoms with van der Waals surface area (Å²) in [4.78, 5) is 12.6. The first-order chi connectivity index (χ1) is 9.86. The van der Waals surface area contributed by atoms with Crippen LogP contribution < -0.4 is 10.2 Å². The Labute approximate surface area is 126 Å². The molecule has 1 saturated heterocycles. The summed E-state index contributed by atoms with van der Waals surface area (Å²) < 4.78 is 5.02. The average molecular weight is 310 g/mol. The molecule has 5 nitrogen and oxygen atoms in total. The highest BCUT2D eigenvalue weighted by Crippen LogP contribution is 2.33. The zero-order valence-corrected chi connectivity index (χ0v) is 13.1. The molecule has 0 aliphatic carbocycles. The summed E-state index contributed by atoms with van der Waals surface area (Å²) in [5.41, 5.74) is 1.01. The second-order valence-electron chi connectivity index (χ2n) is 4.66. The van der Waals surface area contributed by atoms with Crippen LogP contribution in [0.2, 0.25) is 0 Å². The molecular formula is C13H18N4OS2. The van der Waals surface area contributed by atoms with Gasteiger partial charge in [-0.15, -0.1) is 11.3 Å². The van der Waals surface area contributed by atoms with Gasteiger partial charge in [0.1, 0.15) is 0 Å². The number of hydrogen-bond donors (Lipinski definition) is 1. The number of ether oxygens (including phenoxy) is 1. The number of thiazole rings is 2. The van der Waals surface area contributed by atoms with Crippen LogP contribution in [0.4, 0.5) is 10.3 Å². The van der Waals surface area contributed by atoms with Gasteiger partial charge in [-0.25, -0.2) is 9.97 Å². The molecular weight excluding hydrogens is 292 g/mol. The van der Waals surface area contributed by atoms with Crippen molar-refractivity contribution in [3.8, 4) is 10.6 Å². The minimum Gasteiger partial charge on any atom is -0.383 e. The molecule has 0 aromatic carbocycles. The summed E-state index contributed by atoms with van der Waals surface area (Å²) in [6.07, 6.45) is 4.49. The normalized spacial score (nSPS) is 14.9. The smallest absolute Gasteiger partial charge is 0.185 e. The Morgan fingerprint density at radius 1 is 1.40 bits per heavy atom. The molecule has 0 radical (unpaired) electrons. The van der Waals surface area contributed by atoms with E-state index >= 15 is 0 Å². The monoisotopic (exact) mass is 310 g/mol. The molecule has 0 spiro atoms. The van der Waals surface area contributed by atoms with Crippen molar-refractivity contribution in [2.24, 2.45) is 0 Å². The standard InChI is InChI=1S/C13H18N4OS2/c1-18-7-4-14-12-16-10(9-19-12)11-8-15-13(20-11)17-5-2-3-6-17/h8-9H,2-7H2,1H3,(H,14,16). The molecule has 0 unspecified atom stereocenters. The van der Waals surface area contributed by atoms with Gasteiger partial charge in [0, 0.05) is 38.3 Å². The van der Waals surface area contributed by atoms with Crippen LogP contribution in [-0.4, -0.2) is 43.3 Å². The molecule has 1 aliphatic heterocycles. The second-order valence-corrected chi connectivity index (χ2v) is 6.53. The molecule has 7 heteroatoms. The molecule has 1 N–H and O–H groups in total. The quantitative estimate of drug-likeness (QED) is 0.831. The number of hydrogen-bond acceptors (Lipinski definition) is 7. The number of nitrogens with one attached hydrogen (secondary N) is 1. The maximum absolute atomic E-state index is 5.02. The molecule has 0 atom stereocenters. The van der Waals surface area contributed by atoms with Crippen LogP contribution in [0.15, 0.2) is 11.6 Å². The Bertz CT molecular complexity index is 548. The second kappa shape index (κ2) is 6.51. The summed E-state index contributed by atoms with van der Waals surface area (Å²) >= 11 is 3.36. The maximum Gasteiger partial charge on any atom is 0.185 e. The third-order valence-electron chi connectivity index (χ3n) is 3.21. The van der Waals surface area contributed by atoms with Gasteiger partial charge in [-0.05, 0) is 12.8 Å². The average Bonchev–Trinajstić information content (AvgIpc) is 3.19. The van der Waals surface area contributed by atoms with E-state index in [1.54, 1.807) is 29.8 Å². The van der Waals surface area contributed by atoms with E-state index in [9.17, 15) is 0 Å². The van der Waals surface area contributed by atoms with Crippen molar-refractivity contribution >= 4 is 32.9 Å². The van der Waals surface area contributed by atoms with Crippen LogP contribution in [0.1, 0.15) is 12.8 Å². The number of methoxy groups -OCH3 is 1. The van der Waals surface area contributed by atoms with Crippen LogP contribution in [0.5, 0.6) is 0 Å². The lowest BCUT2D eigenvalue weighted by molar-refractivity contribution is 0.211. The fourth-order valence-electron chi connectivity index (χ4n) is 2.17. The molecule has 20 heavy (non-hydrogen) atoms. The van der Waals surface area contributed by atoms with E-state index < -0.39 is 0 Å². The van der Waals surface area contributed by atoms with Crippen molar-refractivity contribution in [2.75, 3.05) is 43.6 Å². The van der Waals surface area contributed by atoms with Crippen molar-refractivity contribution in [3.05, 3.63) is 11.6 Å². The summed E-state index contributed by atoms with van der Waals surface area (Å²) in [5.74, 6) is 0. The molecule has 0 amide bonds. The Balaban J connectivity index is 1.66. The fraction of sp³-hybridized carbons (Fsp3) is 0.538. The van der Waals surface area contributed by atoms with Gasteiger partial charge in [-0.3, -0.25) is 0 Å². The van der Waals surface area contributed by atoms with E-state index in [1.165, 1.54) is 12.8 Å². The first-order valence-corrected chi connectivity index (χ1v) is 8.46. The number of rotatable bonds is 6. The maximum atomic E-state index is 5.02. The lowest BCUT2D eigenvalue weighted by atomic mass is 10.4. The lowest BCUT2D eigenvalue weighted by Crippen LogP contribution is -2.16. The highest BCUT2D eigenvalue weighted by molar-refractivity contribution is 7.19. The van der Waals surface area contributed by atoms with Crippen LogP contribution >= 0.6 is 22.7 Å². The van der Waals surface area contributed by atoms with Crippen molar-refractivity contribution in [1.29, 1.82) is 0 Å². The Morgan fingerprint density at radius 2 is 2.25 bits per heavy atom. The Kier molecular flexibility index (Phi) is 4.49. The number of aromatic nitrogens is 2. The van der Waals surface area contributed by atoms with Gasteiger partial charge in [0.05, 0.1) is 17.2 Å². The van der Waals surface area contributed by atoms with Crippen molar-refractivity contribution < 1.29 is 4.74 Å². The summed E-state index contributed by atoms with van der Waals surface area (Å²) in [5, 5.41) is 7.40. The predicted octanol–water partition coefficient (Wildman–Crippen LogP) is 2.93. The third kappa shape index (κ3) is 3.11. The summed E-state index contributed by atoms with van der Waals surface area (Å²) in [6, 6.07) is 0. The van der Waals surface area contributed by atoms with Gasteiger partial charge in [0.15, 0.2) is 10.3 Å². The summed E-state index contributed by atoms with van der Waals surface area (Å²) in [7, 11) is 1.70. The summed E-state index contributed by atoms with van der Waals surface area (Å²) in [6.45, 7) is 3.74. The van der Waals surface area contributed by atoms with E-state index in [0.29, 0.717) is 6.61 Å². The third-order valence-corrected chi connectivity index (χ3v) is 5.09. The molecule has 1 fully saturated rings. The molecule has 0 saturated carbocycles. The van der Waals surface area contributed by atoms with E-state index in [4.69, 9.17) is 4.74 Å². The molecule has 3 heterocycles. The molecule has 2 aromatic rings. The van der Waals surface area contributed by atoms with E-state index in [2.05, 4.69) is 25.6 Å². The lowest BCUT2D eigenvalue weighted by Gasteiger charge is -2.11. The molecule has 1 aliphatic rings. The predicted molar refractivity (Wildman–Crippen MR) is 85.0 cm³/mol. The van der Waals surface area contributed by atoms with Crippen LogP contribution in [0.3, 0.4) is 0 Å². The Morgan fingerprint density at radius 3 is 3.05 bits per heavy atom. The highest BCUT2D eigenvalue weighted by Gasteiger charge is 2.17. The Hall–Kier alpha value is -1.18. The van der Waals surface area contributed by atoms with Gasteiger partial charge < -0.3 is 15.0 Å². The number of anilines is 2. The van der Waals surface area contributed by atoms with E-state index in [-0.39, 0.29) is 0 Å².